The fraction of sp³-hybridized carbons (Fsp3) is 0.333. The fourth-order valence-electron chi connectivity index (χ4n) is 0.438. The van der Waals surface area contributed by atoms with Gasteiger partial charge < -0.3 is 14.9 Å². The van der Waals surface area contributed by atoms with E-state index in [-0.39, 0.29) is 12.2 Å². The smallest absolute Gasteiger partial charge is 0.370 e. The molecule has 0 aromatic rings. The Kier molecular flexibility index (Phi) is 3.72. The van der Waals surface area contributed by atoms with Gasteiger partial charge in [-0.2, -0.15) is 0 Å². The van der Waals surface area contributed by atoms with E-state index in [1.165, 1.54) is 7.11 Å². The topological polar surface area (TPSA) is 83.8 Å². The summed E-state index contributed by atoms with van der Waals surface area (Å²) in [5, 5.41) is 16.4. The summed E-state index contributed by atoms with van der Waals surface area (Å²) in [7, 11) is 1.17. The highest BCUT2D eigenvalue weighted by atomic mass is 16.5. The van der Waals surface area contributed by atoms with E-state index >= 15 is 0 Å². The Morgan fingerprint density at radius 2 is 2.00 bits per heavy atom. The molecule has 0 radical (unpaired) electrons. The molecule has 2 N–H and O–H groups in total. The van der Waals surface area contributed by atoms with E-state index in [4.69, 9.17) is 10.2 Å². The number of carbonyl (C=O) groups is 2. The Morgan fingerprint density at radius 1 is 1.45 bits per heavy atom. The van der Waals surface area contributed by atoms with Crippen molar-refractivity contribution in [3.8, 4) is 0 Å². The lowest BCUT2D eigenvalue weighted by Crippen LogP contribution is -2.03. The number of carboxylic acid groups (broad SMARTS) is 2. The largest absolute Gasteiger partial charge is 0.490 e. The molecule has 62 valence electrons. The molecule has 0 heterocycles. The van der Waals surface area contributed by atoms with Gasteiger partial charge in [0.1, 0.15) is 0 Å². The average molecular weight is 160 g/mol. The lowest BCUT2D eigenvalue weighted by atomic mass is 10.3. The molecule has 0 spiro atoms. The first-order valence-electron chi connectivity index (χ1n) is 2.77. The van der Waals surface area contributed by atoms with E-state index in [1.54, 1.807) is 0 Å². The molecule has 0 fully saturated rings. The van der Waals surface area contributed by atoms with Gasteiger partial charge in [-0.05, 0) is 6.08 Å². The minimum absolute atomic E-state index is 0.352. The van der Waals surface area contributed by atoms with E-state index in [0.717, 1.165) is 6.08 Å². The standard InChI is InChI=1S/C6H8O5/c1-11-4(6(9)10)2-3-5(7)8/h2H,3H2,1H3,(H,7,8)(H,9,10). The maximum absolute atomic E-state index is 10.2. The van der Waals surface area contributed by atoms with Gasteiger partial charge >= 0.3 is 11.9 Å². The molecule has 0 bridgehead atoms. The van der Waals surface area contributed by atoms with Gasteiger partial charge in [-0.25, -0.2) is 4.79 Å². The van der Waals surface area contributed by atoms with Gasteiger partial charge in [0.15, 0.2) is 0 Å². The molecule has 11 heavy (non-hydrogen) atoms. The molecule has 0 saturated heterocycles. The Bertz CT molecular complexity index is 193. The van der Waals surface area contributed by atoms with Crippen LogP contribution >= 0.6 is 0 Å². The number of ether oxygens (including phenoxy) is 1. The lowest BCUT2D eigenvalue weighted by molar-refractivity contribution is -0.136. The van der Waals surface area contributed by atoms with Gasteiger partial charge in [0, 0.05) is 0 Å². The zero-order valence-electron chi connectivity index (χ0n) is 5.90. The molecule has 0 saturated carbocycles. The van der Waals surface area contributed by atoms with Crippen molar-refractivity contribution < 1.29 is 24.5 Å². The normalized spacial score (nSPS) is 10.8. The van der Waals surface area contributed by atoms with Crippen LogP contribution in [0.25, 0.3) is 0 Å². The number of hydrogen-bond acceptors (Lipinski definition) is 3. The van der Waals surface area contributed by atoms with Gasteiger partial charge in [-0.1, -0.05) is 0 Å². The van der Waals surface area contributed by atoms with Crippen LogP contribution in [-0.2, 0) is 14.3 Å². The van der Waals surface area contributed by atoms with E-state index in [2.05, 4.69) is 4.74 Å². The van der Waals surface area contributed by atoms with Crippen LogP contribution in [0.3, 0.4) is 0 Å². The van der Waals surface area contributed by atoms with E-state index in [0.29, 0.717) is 0 Å². The molecule has 5 nitrogen and oxygen atoms in total. The lowest BCUT2D eigenvalue weighted by Gasteiger charge is -1.97. The summed E-state index contributed by atoms with van der Waals surface area (Å²) in [6.07, 6.45) is 0.639. The number of carboxylic acids is 2. The predicted octanol–water partition coefficient (Wildman–Crippen LogP) is 0.0760. The van der Waals surface area contributed by atoms with E-state index in [1.807, 2.05) is 0 Å². The van der Waals surface area contributed by atoms with Crippen molar-refractivity contribution in [2.75, 3.05) is 7.11 Å². The van der Waals surface area contributed by atoms with Gasteiger partial charge in [0.25, 0.3) is 0 Å². The quantitative estimate of drug-likeness (QED) is 0.449. The molecule has 0 aromatic carbocycles. The molecule has 0 aliphatic carbocycles. The van der Waals surface area contributed by atoms with Crippen molar-refractivity contribution in [3.05, 3.63) is 11.8 Å². The van der Waals surface area contributed by atoms with Gasteiger partial charge in [0.05, 0.1) is 13.5 Å². The second kappa shape index (κ2) is 4.32. The Hall–Kier alpha value is -1.52. The molecule has 0 aliphatic heterocycles. The highest BCUT2D eigenvalue weighted by Gasteiger charge is 2.06. The number of rotatable bonds is 4. The molecule has 0 rings (SSSR count). The van der Waals surface area contributed by atoms with Crippen molar-refractivity contribution in [1.82, 2.24) is 0 Å². The molecule has 0 atom stereocenters. The maximum atomic E-state index is 10.2. The van der Waals surface area contributed by atoms with Crippen molar-refractivity contribution in [3.63, 3.8) is 0 Å². The SMILES string of the molecule is COC(=CCC(=O)O)C(=O)O. The van der Waals surface area contributed by atoms with Gasteiger partial charge in [-0.15, -0.1) is 0 Å². The van der Waals surface area contributed by atoms with Crippen molar-refractivity contribution in [2.45, 2.75) is 6.42 Å². The summed E-state index contributed by atoms with van der Waals surface area (Å²) < 4.78 is 4.36. The summed E-state index contributed by atoms with van der Waals surface area (Å²) in [4.78, 5) is 20.1. The molecule has 0 unspecified atom stereocenters. The monoisotopic (exact) mass is 160 g/mol. The molecule has 0 amide bonds. The Balaban J connectivity index is 4.13. The Labute approximate surface area is 62.9 Å². The van der Waals surface area contributed by atoms with Crippen LogP contribution in [0.5, 0.6) is 0 Å². The second-order valence-electron chi connectivity index (χ2n) is 1.68. The fourth-order valence-corrected chi connectivity index (χ4v) is 0.438. The van der Waals surface area contributed by atoms with Gasteiger partial charge in [0.2, 0.25) is 5.76 Å². The third kappa shape index (κ3) is 3.96. The summed E-state index contributed by atoms with van der Waals surface area (Å²) in [5.74, 6) is -2.72. The molecule has 5 heteroatoms. The zero-order valence-corrected chi connectivity index (χ0v) is 5.90. The van der Waals surface area contributed by atoms with Crippen molar-refractivity contribution in [2.24, 2.45) is 0 Å². The molecular weight excluding hydrogens is 152 g/mol. The van der Waals surface area contributed by atoms with Crippen LogP contribution in [0.4, 0.5) is 0 Å². The highest BCUT2D eigenvalue weighted by molar-refractivity contribution is 5.85. The minimum Gasteiger partial charge on any atom is -0.490 e. The number of hydrogen-bond donors (Lipinski definition) is 2. The third-order valence-electron chi connectivity index (χ3n) is 0.893. The average Bonchev–Trinajstić information content (AvgIpc) is 1.87. The summed E-state index contributed by atoms with van der Waals surface area (Å²) in [6.45, 7) is 0. The van der Waals surface area contributed by atoms with Crippen LogP contribution in [0.1, 0.15) is 6.42 Å². The number of aliphatic carboxylic acids is 2. The maximum Gasteiger partial charge on any atom is 0.370 e. The van der Waals surface area contributed by atoms with Crippen LogP contribution < -0.4 is 0 Å². The van der Waals surface area contributed by atoms with Crippen molar-refractivity contribution >= 4 is 11.9 Å². The number of methoxy groups -OCH3 is 1. The van der Waals surface area contributed by atoms with E-state index in [9.17, 15) is 9.59 Å². The summed E-state index contributed by atoms with van der Waals surface area (Å²) >= 11 is 0. The molecule has 0 aromatic heterocycles. The summed E-state index contributed by atoms with van der Waals surface area (Å²) in [5.41, 5.74) is 0. The summed E-state index contributed by atoms with van der Waals surface area (Å²) in [6, 6.07) is 0. The zero-order chi connectivity index (χ0) is 8.85. The first kappa shape index (κ1) is 9.48. The predicted molar refractivity (Wildman–Crippen MR) is 35.0 cm³/mol. The van der Waals surface area contributed by atoms with Crippen LogP contribution in [0.15, 0.2) is 11.8 Å². The second-order valence-corrected chi connectivity index (χ2v) is 1.68. The third-order valence-corrected chi connectivity index (χ3v) is 0.893. The molecular formula is C6H8O5. The highest BCUT2D eigenvalue weighted by Crippen LogP contribution is 1.97. The van der Waals surface area contributed by atoms with Crippen LogP contribution in [0, 0.1) is 0 Å². The first-order valence-corrected chi connectivity index (χ1v) is 2.77. The molecule has 0 aliphatic rings. The Morgan fingerprint density at radius 3 is 2.27 bits per heavy atom. The van der Waals surface area contributed by atoms with Crippen LogP contribution in [-0.4, -0.2) is 29.3 Å². The van der Waals surface area contributed by atoms with Crippen LogP contribution in [0.2, 0.25) is 0 Å². The van der Waals surface area contributed by atoms with E-state index < -0.39 is 11.9 Å². The minimum atomic E-state index is -1.27. The van der Waals surface area contributed by atoms with Crippen molar-refractivity contribution in [1.29, 1.82) is 0 Å². The first-order chi connectivity index (χ1) is 5.07. The van der Waals surface area contributed by atoms with Gasteiger partial charge in [-0.3, -0.25) is 4.79 Å².